The Bertz CT molecular complexity index is 660. The molecule has 0 aromatic carbocycles. The van der Waals surface area contributed by atoms with Crippen LogP contribution in [0.25, 0.3) is 0 Å². The average Bonchev–Trinajstić information content (AvgIpc) is 3.42. The summed E-state index contributed by atoms with van der Waals surface area (Å²) in [6, 6.07) is 5.69. The van der Waals surface area contributed by atoms with Crippen molar-refractivity contribution in [2.24, 2.45) is 10.2 Å². The zero-order chi connectivity index (χ0) is 18.1. The number of nitrogens with one attached hydrogen (secondary N) is 1. The van der Waals surface area contributed by atoms with Crippen molar-refractivity contribution in [3.05, 3.63) is 30.1 Å². The van der Waals surface area contributed by atoms with E-state index in [0.29, 0.717) is 32.2 Å². The molecule has 1 N–H and O–H groups in total. The highest BCUT2D eigenvalue weighted by molar-refractivity contribution is 5.84. The van der Waals surface area contributed by atoms with Crippen LogP contribution in [0.15, 0.2) is 34.6 Å². The molecule has 0 bridgehead atoms. The Kier molecular flexibility index (Phi) is 6.63. The molecular formula is C18H23N5O2. The van der Waals surface area contributed by atoms with Crippen LogP contribution in [0.1, 0.15) is 31.4 Å². The van der Waals surface area contributed by atoms with Crippen LogP contribution < -0.4 is 5.32 Å². The molecule has 0 fully saturated rings. The van der Waals surface area contributed by atoms with Crippen LogP contribution in [0.5, 0.6) is 0 Å². The monoisotopic (exact) mass is 341 g/mol. The number of amides is 2. The molecule has 0 aliphatic carbocycles. The van der Waals surface area contributed by atoms with Gasteiger partial charge in [-0.2, -0.15) is 10.2 Å². The summed E-state index contributed by atoms with van der Waals surface area (Å²) in [5.41, 5.74) is 0.466. The second-order valence-electron chi connectivity index (χ2n) is 6.05. The third kappa shape index (κ3) is 6.34. The number of hydrogen-bond acceptors (Lipinski definition) is 5. The Morgan fingerprint density at radius 2 is 2.12 bits per heavy atom. The third-order valence-corrected chi connectivity index (χ3v) is 4.10. The lowest BCUT2D eigenvalue weighted by atomic mass is 10.0. The second kappa shape index (κ2) is 8.92. The van der Waals surface area contributed by atoms with Gasteiger partial charge in [-0.1, -0.05) is 6.07 Å². The minimum absolute atomic E-state index is 0.0107. The molecule has 25 heavy (non-hydrogen) atoms. The smallest absolute Gasteiger partial charge is 0.241 e. The van der Waals surface area contributed by atoms with E-state index < -0.39 is 5.66 Å². The molecule has 0 saturated carbocycles. The number of carbonyl (C=O) groups is 2. The Morgan fingerprint density at radius 1 is 1.32 bits per heavy atom. The van der Waals surface area contributed by atoms with E-state index in [2.05, 4.69) is 26.4 Å². The van der Waals surface area contributed by atoms with Gasteiger partial charge in [0.25, 0.3) is 0 Å². The van der Waals surface area contributed by atoms with E-state index in [4.69, 9.17) is 6.42 Å². The van der Waals surface area contributed by atoms with Gasteiger partial charge in [-0.3, -0.25) is 14.6 Å². The molecule has 1 aromatic rings. The lowest BCUT2D eigenvalue weighted by Gasteiger charge is -2.17. The number of aromatic nitrogens is 1. The number of carbonyl (C=O) groups excluding carboxylic acids is 2. The first-order valence-electron chi connectivity index (χ1n) is 8.33. The van der Waals surface area contributed by atoms with E-state index in [9.17, 15) is 9.59 Å². The Labute approximate surface area is 147 Å². The van der Waals surface area contributed by atoms with Crippen molar-refractivity contribution >= 4 is 11.8 Å². The van der Waals surface area contributed by atoms with Crippen LogP contribution in [-0.4, -0.2) is 47.5 Å². The van der Waals surface area contributed by atoms with Crippen molar-refractivity contribution < 1.29 is 9.59 Å². The van der Waals surface area contributed by atoms with Crippen molar-refractivity contribution in [3.63, 3.8) is 0 Å². The summed E-state index contributed by atoms with van der Waals surface area (Å²) in [5.74, 6) is 2.24. The predicted molar refractivity (Wildman–Crippen MR) is 93.5 cm³/mol. The molecule has 1 aliphatic heterocycles. The topological polar surface area (TPSA) is 87.0 Å². The molecule has 7 heteroatoms. The molecule has 2 rings (SSSR count). The summed E-state index contributed by atoms with van der Waals surface area (Å²) in [7, 11) is 1.72. The van der Waals surface area contributed by atoms with Crippen LogP contribution >= 0.6 is 0 Å². The molecule has 2 heterocycles. The molecule has 0 unspecified atom stereocenters. The van der Waals surface area contributed by atoms with Crippen molar-refractivity contribution in [2.45, 2.75) is 37.8 Å². The first kappa shape index (κ1) is 18.6. The molecule has 0 atom stereocenters. The second-order valence-corrected chi connectivity index (χ2v) is 6.05. The summed E-state index contributed by atoms with van der Waals surface area (Å²) in [6.07, 6.45) is 9.71. The fourth-order valence-corrected chi connectivity index (χ4v) is 2.33. The van der Waals surface area contributed by atoms with Gasteiger partial charge >= 0.3 is 0 Å². The summed E-state index contributed by atoms with van der Waals surface area (Å²) in [4.78, 5) is 29.8. The fraction of sp³-hybridized carbons (Fsp3) is 0.500. The highest BCUT2D eigenvalue weighted by Gasteiger charge is 2.39. The zero-order valence-corrected chi connectivity index (χ0v) is 14.4. The Balaban J connectivity index is 1.62. The fourth-order valence-electron chi connectivity index (χ4n) is 2.33. The molecule has 0 spiro atoms. The van der Waals surface area contributed by atoms with Gasteiger partial charge in [-0.15, -0.1) is 12.3 Å². The minimum Gasteiger partial charge on any atom is -0.347 e. The molecule has 1 aliphatic rings. The van der Waals surface area contributed by atoms with E-state index in [-0.39, 0.29) is 24.8 Å². The van der Waals surface area contributed by atoms with E-state index in [0.717, 1.165) is 5.69 Å². The average molecular weight is 341 g/mol. The van der Waals surface area contributed by atoms with Crippen LogP contribution in [0.4, 0.5) is 0 Å². The number of likely N-dealkylation sites (N-methyl/N-ethyl adjacent to an activating group) is 1. The van der Waals surface area contributed by atoms with Crippen LogP contribution in [-0.2, 0) is 16.0 Å². The molecule has 1 aromatic heterocycles. The standard InChI is InChI=1S/C18H23N5O2/c1-3-4-10-18(21-22-18)11-8-16(24)20-14-17(25)23(2)13-9-15-7-5-6-12-19-15/h1,5-7,12H,4,8-11,13-14H2,2H3,(H,20,24). The summed E-state index contributed by atoms with van der Waals surface area (Å²) in [5, 5.41) is 10.6. The number of rotatable bonds is 10. The lowest BCUT2D eigenvalue weighted by Crippen LogP contribution is -2.39. The number of terminal acetylenes is 1. The zero-order valence-electron chi connectivity index (χ0n) is 14.4. The van der Waals surface area contributed by atoms with E-state index in [1.54, 1.807) is 18.1 Å². The maximum absolute atomic E-state index is 12.1. The Hall–Kier alpha value is -2.75. The Morgan fingerprint density at radius 3 is 2.76 bits per heavy atom. The number of hydrogen-bond donors (Lipinski definition) is 1. The third-order valence-electron chi connectivity index (χ3n) is 4.10. The quantitative estimate of drug-likeness (QED) is 0.655. The summed E-state index contributed by atoms with van der Waals surface area (Å²) < 4.78 is 0. The van der Waals surface area contributed by atoms with E-state index >= 15 is 0 Å². The van der Waals surface area contributed by atoms with Crippen LogP contribution in [0.3, 0.4) is 0 Å². The van der Waals surface area contributed by atoms with Gasteiger partial charge < -0.3 is 10.2 Å². The van der Waals surface area contributed by atoms with E-state index in [1.165, 1.54) is 0 Å². The van der Waals surface area contributed by atoms with E-state index in [1.807, 2.05) is 18.2 Å². The molecule has 2 amide bonds. The SMILES string of the molecule is C#CCCC1(CCC(=O)NCC(=O)N(C)CCc2ccccn2)N=N1. The van der Waals surface area contributed by atoms with Crippen molar-refractivity contribution in [1.82, 2.24) is 15.2 Å². The minimum atomic E-state index is -0.465. The first-order chi connectivity index (χ1) is 12.0. The van der Waals surface area contributed by atoms with Gasteiger partial charge in [-0.25, -0.2) is 0 Å². The lowest BCUT2D eigenvalue weighted by molar-refractivity contribution is -0.131. The summed E-state index contributed by atoms with van der Waals surface area (Å²) >= 11 is 0. The number of nitrogens with zero attached hydrogens (tertiary/aromatic N) is 4. The van der Waals surface area contributed by atoms with Crippen LogP contribution in [0.2, 0.25) is 0 Å². The maximum Gasteiger partial charge on any atom is 0.241 e. The molecule has 0 saturated heterocycles. The highest BCUT2D eigenvalue weighted by atomic mass is 16.2. The summed E-state index contributed by atoms with van der Waals surface area (Å²) in [6.45, 7) is 0.544. The van der Waals surface area contributed by atoms with Gasteiger partial charge in [0.1, 0.15) is 0 Å². The normalized spacial score (nSPS) is 13.8. The first-order valence-corrected chi connectivity index (χ1v) is 8.33. The van der Waals surface area contributed by atoms with Crippen molar-refractivity contribution in [1.29, 1.82) is 0 Å². The van der Waals surface area contributed by atoms with Gasteiger partial charge in [-0.05, 0) is 12.1 Å². The molecule has 7 nitrogen and oxygen atoms in total. The van der Waals surface area contributed by atoms with Crippen LogP contribution in [0, 0.1) is 12.3 Å². The van der Waals surface area contributed by atoms with Crippen molar-refractivity contribution in [3.8, 4) is 12.3 Å². The molecule has 132 valence electrons. The number of pyridine rings is 1. The predicted octanol–water partition coefficient (Wildman–Crippen LogP) is 1.55. The molecule has 0 radical (unpaired) electrons. The molecular weight excluding hydrogens is 318 g/mol. The van der Waals surface area contributed by atoms with Gasteiger partial charge in [0.05, 0.1) is 6.54 Å². The van der Waals surface area contributed by atoms with Gasteiger partial charge in [0.2, 0.25) is 11.8 Å². The van der Waals surface area contributed by atoms with Gasteiger partial charge in [0, 0.05) is 57.6 Å². The van der Waals surface area contributed by atoms with Gasteiger partial charge in [0.15, 0.2) is 5.66 Å². The van der Waals surface area contributed by atoms with Crippen molar-refractivity contribution in [2.75, 3.05) is 20.1 Å². The largest absolute Gasteiger partial charge is 0.347 e. The highest BCUT2D eigenvalue weighted by Crippen LogP contribution is 2.37. The maximum atomic E-state index is 12.1.